The highest BCUT2D eigenvalue weighted by molar-refractivity contribution is 7.14. The van der Waals surface area contributed by atoms with Crippen LogP contribution in [0.15, 0.2) is 60.0 Å². The van der Waals surface area contributed by atoms with Crippen LogP contribution in [-0.4, -0.2) is 16.7 Å². The lowest BCUT2D eigenvalue weighted by Crippen LogP contribution is -2.13. The zero-order chi connectivity index (χ0) is 17.6. The van der Waals surface area contributed by atoms with E-state index in [-0.39, 0.29) is 24.5 Å². The van der Waals surface area contributed by atoms with E-state index in [1.807, 2.05) is 23.6 Å². The summed E-state index contributed by atoms with van der Waals surface area (Å²) in [7, 11) is 0. The van der Waals surface area contributed by atoms with E-state index in [1.165, 1.54) is 11.3 Å². The average molecular weight is 371 g/mol. The molecule has 0 radical (unpaired) electrons. The first-order valence-electron chi connectivity index (χ1n) is 7.71. The normalized spacial score (nSPS) is 10.4. The van der Waals surface area contributed by atoms with Crippen LogP contribution in [0, 0.1) is 0 Å². The third kappa shape index (κ3) is 4.75. The van der Waals surface area contributed by atoms with Gasteiger partial charge in [0, 0.05) is 34.4 Å². The Morgan fingerprint density at radius 3 is 2.44 bits per heavy atom. The van der Waals surface area contributed by atoms with Crippen LogP contribution < -0.4 is 5.32 Å². The second-order valence-corrected chi connectivity index (χ2v) is 6.68. The number of amides is 1. The molecule has 0 atom stereocenters. The van der Waals surface area contributed by atoms with Crippen molar-refractivity contribution in [3.05, 3.63) is 70.6 Å². The van der Waals surface area contributed by atoms with Crippen LogP contribution in [0.5, 0.6) is 0 Å². The summed E-state index contributed by atoms with van der Waals surface area (Å²) in [6.07, 6.45) is 0.300. The maximum atomic E-state index is 12.0. The van der Waals surface area contributed by atoms with E-state index >= 15 is 0 Å². The Kier molecular flexibility index (Phi) is 5.58. The number of thiazole rings is 1. The number of hydrogen-bond donors (Lipinski definition) is 1. The highest BCUT2D eigenvalue weighted by atomic mass is 35.5. The van der Waals surface area contributed by atoms with Gasteiger partial charge < -0.3 is 5.32 Å². The number of nitrogens with zero attached hydrogens (tertiary/aromatic N) is 1. The van der Waals surface area contributed by atoms with Crippen LogP contribution in [0.2, 0.25) is 5.02 Å². The van der Waals surface area contributed by atoms with Gasteiger partial charge in [-0.15, -0.1) is 11.3 Å². The van der Waals surface area contributed by atoms with Crippen molar-refractivity contribution >= 4 is 39.8 Å². The summed E-state index contributed by atoms with van der Waals surface area (Å²) in [4.78, 5) is 28.4. The molecule has 0 bridgehead atoms. The van der Waals surface area contributed by atoms with Gasteiger partial charge in [-0.05, 0) is 12.1 Å². The molecule has 3 rings (SSSR count). The van der Waals surface area contributed by atoms with E-state index in [0.29, 0.717) is 15.7 Å². The topological polar surface area (TPSA) is 59.1 Å². The number of carbonyl (C=O) groups excluding carboxylic acids is 2. The van der Waals surface area contributed by atoms with Crippen LogP contribution >= 0.6 is 22.9 Å². The molecular weight excluding hydrogens is 356 g/mol. The van der Waals surface area contributed by atoms with Crippen molar-refractivity contribution in [1.29, 1.82) is 0 Å². The molecular formula is C19H15ClN2O2S. The van der Waals surface area contributed by atoms with E-state index in [1.54, 1.807) is 36.4 Å². The standard InChI is InChI=1S/C19H15ClN2O2S/c20-15-8-6-13(7-9-15)16-12-25-19(21-16)22-18(24)11-10-17(23)14-4-2-1-3-5-14/h1-9,12H,10-11H2,(H,21,22,24). The largest absolute Gasteiger partial charge is 0.302 e. The molecule has 4 nitrogen and oxygen atoms in total. The molecule has 6 heteroatoms. The van der Waals surface area contributed by atoms with Crippen molar-refractivity contribution in [2.75, 3.05) is 5.32 Å². The Morgan fingerprint density at radius 2 is 1.72 bits per heavy atom. The third-order valence-electron chi connectivity index (χ3n) is 3.57. The van der Waals surface area contributed by atoms with Gasteiger partial charge in [0.2, 0.25) is 5.91 Å². The molecule has 0 saturated carbocycles. The predicted molar refractivity (Wildman–Crippen MR) is 101 cm³/mol. The van der Waals surface area contributed by atoms with Gasteiger partial charge >= 0.3 is 0 Å². The van der Waals surface area contributed by atoms with Gasteiger partial charge in [0.25, 0.3) is 0 Å². The number of aromatic nitrogens is 1. The molecule has 0 spiro atoms. The maximum Gasteiger partial charge on any atom is 0.226 e. The summed E-state index contributed by atoms with van der Waals surface area (Å²) in [5.41, 5.74) is 2.33. The van der Waals surface area contributed by atoms with Gasteiger partial charge in [0.1, 0.15) is 0 Å². The van der Waals surface area contributed by atoms with E-state index < -0.39 is 0 Å². The van der Waals surface area contributed by atoms with Crippen LogP contribution in [0.3, 0.4) is 0 Å². The molecule has 2 aromatic carbocycles. The molecule has 0 aliphatic heterocycles. The molecule has 0 unspecified atom stereocenters. The minimum Gasteiger partial charge on any atom is -0.302 e. The first-order chi connectivity index (χ1) is 12.1. The fourth-order valence-electron chi connectivity index (χ4n) is 2.26. The van der Waals surface area contributed by atoms with Crippen LogP contribution in [0.1, 0.15) is 23.2 Å². The van der Waals surface area contributed by atoms with Crippen molar-refractivity contribution in [1.82, 2.24) is 4.98 Å². The number of rotatable bonds is 6. The lowest BCUT2D eigenvalue weighted by molar-refractivity contribution is -0.116. The van der Waals surface area contributed by atoms with Gasteiger partial charge in [-0.1, -0.05) is 54.1 Å². The van der Waals surface area contributed by atoms with E-state index in [2.05, 4.69) is 10.3 Å². The first-order valence-corrected chi connectivity index (χ1v) is 8.97. The second kappa shape index (κ2) is 8.05. The van der Waals surface area contributed by atoms with Crippen molar-refractivity contribution in [2.24, 2.45) is 0 Å². The second-order valence-electron chi connectivity index (χ2n) is 5.38. The smallest absolute Gasteiger partial charge is 0.226 e. The summed E-state index contributed by atoms with van der Waals surface area (Å²) in [6, 6.07) is 16.3. The van der Waals surface area contributed by atoms with Gasteiger partial charge in [-0.2, -0.15) is 0 Å². The van der Waals surface area contributed by atoms with Crippen LogP contribution in [0.25, 0.3) is 11.3 Å². The summed E-state index contributed by atoms with van der Waals surface area (Å²) in [5, 5.41) is 5.79. The Labute approximate surface area is 154 Å². The first kappa shape index (κ1) is 17.3. The lowest BCUT2D eigenvalue weighted by Gasteiger charge is -2.02. The lowest BCUT2D eigenvalue weighted by atomic mass is 10.1. The van der Waals surface area contributed by atoms with Crippen molar-refractivity contribution in [3.63, 3.8) is 0 Å². The molecule has 3 aromatic rings. The Morgan fingerprint density at radius 1 is 1.00 bits per heavy atom. The fourth-order valence-corrected chi connectivity index (χ4v) is 3.12. The average Bonchev–Trinajstić information content (AvgIpc) is 3.09. The van der Waals surface area contributed by atoms with Gasteiger partial charge in [-0.25, -0.2) is 4.98 Å². The molecule has 0 saturated heterocycles. The Hall–Kier alpha value is -2.50. The molecule has 0 aliphatic carbocycles. The molecule has 126 valence electrons. The molecule has 0 aliphatic rings. The van der Waals surface area contributed by atoms with E-state index in [4.69, 9.17) is 11.6 Å². The highest BCUT2D eigenvalue weighted by Gasteiger charge is 2.11. The van der Waals surface area contributed by atoms with Crippen molar-refractivity contribution in [3.8, 4) is 11.3 Å². The molecule has 1 aromatic heterocycles. The predicted octanol–water partition coefficient (Wildman–Crippen LogP) is 5.07. The summed E-state index contributed by atoms with van der Waals surface area (Å²) >= 11 is 7.22. The summed E-state index contributed by atoms with van der Waals surface area (Å²) in [5.74, 6) is -0.266. The number of anilines is 1. The van der Waals surface area contributed by atoms with Gasteiger partial charge in [-0.3, -0.25) is 9.59 Å². The van der Waals surface area contributed by atoms with Crippen molar-refractivity contribution < 1.29 is 9.59 Å². The Bertz CT molecular complexity index is 876. The SMILES string of the molecule is O=C(CCC(=O)c1ccccc1)Nc1nc(-c2ccc(Cl)cc2)cs1. The number of halogens is 1. The number of benzene rings is 2. The number of hydrogen-bond acceptors (Lipinski definition) is 4. The zero-order valence-electron chi connectivity index (χ0n) is 13.2. The number of ketones is 1. The van der Waals surface area contributed by atoms with Gasteiger partial charge in [0.05, 0.1) is 5.69 Å². The minimum atomic E-state index is -0.221. The molecule has 1 heterocycles. The quantitative estimate of drug-likeness (QED) is 0.616. The maximum absolute atomic E-state index is 12.0. The van der Waals surface area contributed by atoms with Gasteiger partial charge in [0.15, 0.2) is 10.9 Å². The number of carbonyl (C=O) groups is 2. The molecule has 1 N–H and O–H groups in total. The fraction of sp³-hybridized carbons (Fsp3) is 0.105. The highest BCUT2D eigenvalue weighted by Crippen LogP contribution is 2.26. The minimum absolute atomic E-state index is 0.0447. The molecule has 1 amide bonds. The number of Topliss-reactive ketones (excluding diaryl/α,β-unsaturated/α-hetero) is 1. The van der Waals surface area contributed by atoms with Crippen molar-refractivity contribution in [2.45, 2.75) is 12.8 Å². The zero-order valence-corrected chi connectivity index (χ0v) is 14.8. The van der Waals surface area contributed by atoms with Crippen LogP contribution in [-0.2, 0) is 4.79 Å². The van der Waals surface area contributed by atoms with E-state index in [0.717, 1.165) is 11.3 Å². The molecule has 0 fully saturated rings. The number of nitrogens with one attached hydrogen (secondary N) is 1. The summed E-state index contributed by atoms with van der Waals surface area (Å²) < 4.78 is 0. The third-order valence-corrected chi connectivity index (χ3v) is 4.58. The van der Waals surface area contributed by atoms with Crippen LogP contribution in [0.4, 0.5) is 5.13 Å². The molecule has 25 heavy (non-hydrogen) atoms. The van der Waals surface area contributed by atoms with E-state index in [9.17, 15) is 9.59 Å². The summed E-state index contributed by atoms with van der Waals surface area (Å²) in [6.45, 7) is 0. The Balaban J connectivity index is 1.55. The monoisotopic (exact) mass is 370 g/mol.